The summed E-state index contributed by atoms with van der Waals surface area (Å²) < 4.78 is 25.4. The fourth-order valence-corrected chi connectivity index (χ4v) is 4.25. The van der Waals surface area contributed by atoms with Crippen LogP contribution in [0.25, 0.3) is 6.08 Å². The number of Topliss-reactive ketones (excluding diaryl/α,β-unsaturated/α-hetero) is 1. The summed E-state index contributed by atoms with van der Waals surface area (Å²) in [6.07, 6.45) is 2.45. The van der Waals surface area contributed by atoms with Crippen molar-refractivity contribution < 1.29 is 18.7 Å². The van der Waals surface area contributed by atoms with E-state index in [4.69, 9.17) is 21.1 Å². The van der Waals surface area contributed by atoms with Crippen LogP contribution in [0.2, 0.25) is 5.02 Å². The van der Waals surface area contributed by atoms with Gasteiger partial charge in [-0.1, -0.05) is 35.9 Å². The van der Waals surface area contributed by atoms with Gasteiger partial charge in [-0.15, -0.1) is 0 Å². The largest absolute Gasteiger partial charge is 0.477 e. The number of nitrogens with zero attached hydrogens (tertiary/aromatic N) is 1. The Morgan fingerprint density at radius 1 is 1.12 bits per heavy atom. The van der Waals surface area contributed by atoms with Crippen molar-refractivity contribution in [3.8, 4) is 11.5 Å². The molecule has 162 valence electrons. The first-order valence-corrected chi connectivity index (χ1v) is 10.8. The van der Waals surface area contributed by atoms with Crippen LogP contribution in [0, 0.1) is 12.7 Å². The van der Waals surface area contributed by atoms with Gasteiger partial charge in [0.15, 0.2) is 5.76 Å². The zero-order valence-corrected chi connectivity index (χ0v) is 18.3. The Morgan fingerprint density at radius 2 is 1.94 bits per heavy atom. The molecule has 2 aliphatic heterocycles. The average Bonchev–Trinajstić information content (AvgIpc) is 3.09. The molecule has 2 heterocycles. The molecule has 2 aliphatic rings. The van der Waals surface area contributed by atoms with Gasteiger partial charge in [0.2, 0.25) is 5.78 Å². The monoisotopic (exact) mass is 449 g/mol. The molecule has 32 heavy (non-hydrogen) atoms. The van der Waals surface area contributed by atoms with E-state index in [1.165, 1.54) is 17.7 Å². The molecule has 0 amide bonds. The number of carbonyl (C=O) groups is 1. The normalized spacial score (nSPS) is 16.5. The summed E-state index contributed by atoms with van der Waals surface area (Å²) >= 11 is 5.96. The molecule has 3 aromatic rings. The Hall–Kier alpha value is -3.15. The van der Waals surface area contributed by atoms with Crippen LogP contribution < -0.4 is 9.47 Å². The molecule has 0 atom stereocenters. The fraction of sp³-hybridized carbons (Fsp3) is 0.192. The lowest BCUT2D eigenvalue weighted by Crippen LogP contribution is -2.34. The van der Waals surface area contributed by atoms with Gasteiger partial charge in [-0.05, 0) is 60.9 Å². The van der Waals surface area contributed by atoms with Gasteiger partial charge in [0.05, 0.1) is 5.56 Å². The number of hydrogen-bond donors (Lipinski definition) is 0. The molecular weight excluding hydrogens is 429 g/mol. The van der Waals surface area contributed by atoms with E-state index in [1.807, 2.05) is 37.3 Å². The van der Waals surface area contributed by atoms with Gasteiger partial charge in [-0.25, -0.2) is 4.39 Å². The lowest BCUT2D eigenvalue weighted by molar-refractivity contribution is 0.0954. The molecule has 0 fully saturated rings. The molecule has 0 spiro atoms. The van der Waals surface area contributed by atoms with E-state index in [9.17, 15) is 9.18 Å². The predicted octanol–water partition coefficient (Wildman–Crippen LogP) is 5.80. The minimum Gasteiger partial charge on any atom is -0.477 e. The lowest BCUT2D eigenvalue weighted by Gasteiger charge is -2.30. The third-order valence-corrected chi connectivity index (χ3v) is 6.03. The maximum atomic E-state index is 13.5. The first-order valence-electron chi connectivity index (χ1n) is 10.4. The van der Waals surface area contributed by atoms with Gasteiger partial charge in [0.1, 0.15) is 24.0 Å². The molecule has 3 aromatic carbocycles. The maximum absolute atomic E-state index is 13.5. The number of ketones is 1. The number of hydrogen-bond acceptors (Lipinski definition) is 4. The second-order valence-corrected chi connectivity index (χ2v) is 8.50. The minimum atomic E-state index is -0.360. The van der Waals surface area contributed by atoms with Gasteiger partial charge in [-0.2, -0.15) is 0 Å². The molecule has 0 radical (unpaired) electrons. The average molecular weight is 450 g/mol. The van der Waals surface area contributed by atoms with E-state index in [1.54, 1.807) is 18.2 Å². The van der Waals surface area contributed by atoms with Crippen molar-refractivity contribution in [1.29, 1.82) is 0 Å². The summed E-state index contributed by atoms with van der Waals surface area (Å²) in [5.74, 6) is 0.919. The van der Waals surface area contributed by atoms with Crippen molar-refractivity contribution in [1.82, 2.24) is 4.90 Å². The van der Waals surface area contributed by atoms with Crippen molar-refractivity contribution in [3.05, 3.63) is 99.0 Å². The van der Waals surface area contributed by atoms with Crippen molar-refractivity contribution in [2.24, 2.45) is 0 Å². The van der Waals surface area contributed by atoms with E-state index in [2.05, 4.69) is 4.90 Å². The van der Waals surface area contributed by atoms with Gasteiger partial charge in [-0.3, -0.25) is 9.69 Å². The van der Waals surface area contributed by atoms with Gasteiger partial charge < -0.3 is 9.47 Å². The summed E-state index contributed by atoms with van der Waals surface area (Å²) in [5, 5.41) is 0.728. The van der Waals surface area contributed by atoms with Crippen LogP contribution in [-0.4, -0.2) is 24.0 Å². The highest BCUT2D eigenvalue weighted by Crippen LogP contribution is 2.43. The number of allylic oxidation sites excluding steroid dienone is 1. The molecule has 0 bridgehead atoms. The minimum absolute atomic E-state index is 0.190. The van der Waals surface area contributed by atoms with Crippen molar-refractivity contribution in [2.75, 3.05) is 13.3 Å². The summed E-state index contributed by atoms with van der Waals surface area (Å²) in [7, 11) is 0. The molecule has 0 unspecified atom stereocenters. The van der Waals surface area contributed by atoms with Gasteiger partial charge in [0, 0.05) is 29.2 Å². The van der Waals surface area contributed by atoms with E-state index in [0.29, 0.717) is 30.2 Å². The smallest absolute Gasteiger partial charge is 0.231 e. The quantitative estimate of drug-likeness (QED) is 0.472. The standard InChI is InChI=1S/C26H21ClFNO3/c1-16-25-19(14-29(15-31-25)10-9-17-5-7-20(27)8-6-17)13-22-24(30)23(32-26(16)22)12-18-3-2-4-21(28)11-18/h2-8,11-13H,9-10,14-15H2,1H3/b23-12-. The molecular formula is C26H21ClFNO3. The highest BCUT2D eigenvalue weighted by molar-refractivity contribution is 6.30. The third-order valence-electron chi connectivity index (χ3n) is 5.78. The first-order chi connectivity index (χ1) is 15.5. The molecule has 0 saturated carbocycles. The summed E-state index contributed by atoms with van der Waals surface area (Å²) in [5.41, 5.74) is 4.08. The van der Waals surface area contributed by atoms with Crippen LogP contribution in [-0.2, 0) is 13.0 Å². The molecule has 4 nitrogen and oxygen atoms in total. The van der Waals surface area contributed by atoms with E-state index < -0.39 is 0 Å². The Kier molecular flexibility index (Phi) is 5.45. The second kappa shape index (κ2) is 8.41. The molecule has 0 aliphatic carbocycles. The summed E-state index contributed by atoms with van der Waals surface area (Å²) in [6.45, 7) is 3.89. The van der Waals surface area contributed by atoms with E-state index >= 15 is 0 Å². The molecule has 0 N–H and O–H groups in total. The zero-order chi connectivity index (χ0) is 22.2. The van der Waals surface area contributed by atoms with Crippen molar-refractivity contribution in [2.45, 2.75) is 19.9 Å². The van der Waals surface area contributed by atoms with Crippen LogP contribution in [0.4, 0.5) is 4.39 Å². The number of benzene rings is 3. The Morgan fingerprint density at radius 3 is 2.72 bits per heavy atom. The number of halogens is 2. The van der Waals surface area contributed by atoms with Gasteiger partial charge in [0.25, 0.3) is 0 Å². The zero-order valence-electron chi connectivity index (χ0n) is 17.5. The highest BCUT2D eigenvalue weighted by atomic mass is 35.5. The first kappa shape index (κ1) is 20.7. The van der Waals surface area contributed by atoms with Crippen LogP contribution in [0.15, 0.2) is 60.4 Å². The molecule has 0 aromatic heterocycles. The van der Waals surface area contributed by atoms with Crippen LogP contribution in [0.1, 0.15) is 32.6 Å². The van der Waals surface area contributed by atoms with Crippen molar-refractivity contribution in [3.63, 3.8) is 0 Å². The Bertz CT molecular complexity index is 1240. The highest BCUT2D eigenvalue weighted by Gasteiger charge is 2.33. The van der Waals surface area contributed by atoms with Crippen LogP contribution >= 0.6 is 11.6 Å². The van der Waals surface area contributed by atoms with Crippen LogP contribution in [0.5, 0.6) is 11.5 Å². The predicted molar refractivity (Wildman–Crippen MR) is 122 cm³/mol. The van der Waals surface area contributed by atoms with Crippen molar-refractivity contribution >= 4 is 23.5 Å². The molecule has 0 saturated heterocycles. The summed E-state index contributed by atoms with van der Waals surface area (Å²) in [4.78, 5) is 15.2. The van der Waals surface area contributed by atoms with Crippen LogP contribution in [0.3, 0.4) is 0 Å². The molecule has 5 rings (SSSR count). The third kappa shape index (κ3) is 4.01. The number of fused-ring (bicyclic) bond motifs is 2. The maximum Gasteiger partial charge on any atom is 0.231 e. The number of rotatable bonds is 4. The van der Waals surface area contributed by atoms with Gasteiger partial charge >= 0.3 is 0 Å². The summed E-state index contributed by atoms with van der Waals surface area (Å²) in [6, 6.07) is 15.8. The number of ether oxygens (including phenoxy) is 2. The Labute approximate surface area is 190 Å². The topological polar surface area (TPSA) is 38.8 Å². The second-order valence-electron chi connectivity index (χ2n) is 8.06. The Balaban J connectivity index is 1.36. The SMILES string of the molecule is Cc1c2c(cc3c1O/C(=C\c1cccc(F)c1)C3=O)CN(CCc1ccc(Cl)cc1)CO2. The lowest BCUT2D eigenvalue weighted by atomic mass is 10.00. The fourth-order valence-electron chi connectivity index (χ4n) is 4.13. The van der Waals surface area contributed by atoms with E-state index in [0.717, 1.165) is 34.9 Å². The molecule has 6 heteroatoms. The number of carbonyl (C=O) groups excluding carboxylic acids is 1. The van der Waals surface area contributed by atoms with E-state index in [-0.39, 0.29) is 17.4 Å².